The first-order chi connectivity index (χ1) is 11.4. The Kier molecular flexibility index (Phi) is 10.7. The van der Waals surface area contributed by atoms with Crippen LogP contribution in [-0.4, -0.2) is 12.1 Å². The zero-order valence-electron chi connectivity index (χ0n) is 15.5. The average Bonchev–Trinajstić information content (AvgIpc) is 2.68. The van der Waals surface area contributed by atoms with Gasteiger partial charge in [-0.3, -0.25) is 0 Å². The van der Waals surface area contributed by atoms with Crippen LogP contribution in [-0.2, 0) is 0 Å². The molecular weight excluding hydrogens is 280 g/mol. The summed E-state index contributed by atoms with van der Waals surface area (Å²) in [5.74, 6) is 0. The van der Waals surface area contributed by atoms with Gasteiger partial charge in [-0.15, -0.1) is 0 Å². The lowest BCUT2D eigenvalue weighted by Crippen LogP contribution is -2.08. The maximum Gasteiger partial charge on any atom is 0.0708 e. The van der Waals surface area contributed by atoms with Crippen LogP contribution in [0.1, 0.15) is 122 Å². The van der Waals surface area contributed by atoms with E-state index in [0.29, 0.717) is 12.1 Å². The molecule has 2 saturated carbocycles. The first kappa shape index (κ1) is 18.9. The highest BCUT2D eigenvalue weighted by molar-refractivity contribution is 4.71. The molecule has 2 fully saturated rings. The van der Waals surface area contributed by atoms with Crippen molar-refractivity contribution in [2.24, 2.45) is 10.2 Å². The van der Waals surface area contributed by atoms with E-state index in [1.165, 1.54) is 122 Å². The predicted octanol–water partition coefficient (Wildman–Crippen LogP) is 7.61. The van der Waals surface area contributed by atoms with Crippen molar-refractivity contribution in [2.75, 3.05) is 0 Å². The van der Waals surface area contributed by atoms with Crippen molar-refractivity contribution in [3.63, 3.8) is 0 Å². The Hall–Kier alpha value is -0.400. The van der Waals surface area contributed by atoms with Crippen LogP contribution < -0.4 is 0 Å². The molecule has 0 N–H and O–H groups in total. The molecule has 0 aliphatic heterocycles. The summed E-state index contributed by atoms with van der Waals surface area (Å²) in [4.78, 5) is 0. The van der Waals surface area contributed by atoms with Crippen LogP contribution in [0, 0.1) is 0 Å². The van der Waals surface area contributed by atoms with Crippen LogP contribution in [0.15, 0.2) is 10.2 Å². The summed E-state index contributed by atoms with van der Waals surface area (Å²) in [7, 11) is 0. The Morgan fingerprint density at radius 1 is 0.304 bits per heavy atom. The van der Waals surface area contributed by atoms with Gasteiger partial charge in [-0.1, -0.05) is 96.3 Å². The number of rotatable bonds is 2. The molecule has 0 heterocycles. The fraction of sp³-hybridized carbons (Fsp3) is 1.00. The monoisotopic (exact) mass is 320 g/mol. The summed E-state index contributed by atoms with van der Waals surface area (Å²) in [6.07, 6.45) is 26.4. The van der Waals surface area contributed by atoms with Gasteiger partial charge in [-0.2, -0.15) is 10.2 Å². The predicted molar refractivity (Wildman–Crippen MR) is 100 cm³/mol. The number of hydrogen-bond donors (Lipinski definition) is 0. The van der Waals surface area contributed by atoms with Gasteiger partial charge in [0.2, 0.25) is 0 Å². The molecule has 0 amide bonds. The van der Waals surface area contributed by atoms with E-state index in [1.807, 2.05) is 0 Å². The third-order valence-electron chi connectivity index (χ3n) is 5.79. The Morgan fingerprint density at radius 3 is 0.783 bits per heavy atom. The summed E-state index contributed by atoms with van der Waals surface area (Å²) in [6, 6.07) is 1.07. The van der Waals surface area contributed by atoms with Gasteiger partial charge in [-0.05, 0) is 25.7 Å². The number of azo groups is 1. The Bertz CT molecular complexity index is 278. The SMILES string of the molecule is C1CCCCCC(/N=N/C2CCCCCCCC2)CCCCC1. The number of nitrogens with zero attached hydrogens (tertiary/aromatic N) is 2. The quantitative estimate of drug-likeness (QED) is 0.467. The fourth-order valence-corrected chi connectivity index (χ4v) is 4.17. The zero-order chi connectivity index (χ0) is 16.0. The van der Waals surface area contributed by atoms with Gasteiger partial charge in [0.25, 0.3) is 0 Å². The minimum absolute atomic E-state index is 0.530. The largest absolute Gasteiger partial charge is 0.191 e. The molecule has 0 radical (unpaired) electrons. The maximum atomic E-state index is 4.86. The molecule has 0 saturated heterocycles. The van der Waals surface area contributed by atoms with Gasteiger partial charge in [0.15, 0.2) is 0 Å². The highest BCUT2D eigenvalue weighted by Crippen LogP contribution is 2.22. The second-order valence-electron chi connectivity index (χ2n) is 8.00. The van der Waals surface area contributed by atoms with E-state index in [-0.39, 0.29) is 0 Å². The van der Waals surface area contributed by atoms with Crippen LogP contribution in [0.3, 0.4) is 0 Å². The van der Waals surface area contributed by atoms with Crippen molar-refractivity contribution in [3.8, 4) is 0 Å². The summed E-state index contributed by atoms with van der Waals surface area (Å²) < 4.78 is 0. The molecule has 2 aliphatic carbocycles. The minimum atomic E-state index is 0.530. The van der Waals surface area contributed by atoms with Crippen molar-refractivity contribution >= 4 is 0 Å². The second-order valence-corrected chi connectivity index (χ2v) is 8.00. The van der Waals surface area contributed by atoms with Crippen LogP contribution in [0.2, 0.25) is 0 Å². The summed E-state index contributed by atoms with van der Waals surface area (Å²) in [5.41, 5.74) is 0. The lowest BCUT2D eigenvalue weighted by molar-refractivity contribution is 0.435. The molecule has 0 unspecified atom stereocenters. The van der Waals surface area contributed by atoms with E-state index < -0.39 is 0 Å². The van der Waals surface area contributed by atoms with Crippen LogP contribution >= 0.6 is 0 Å². The van der Waals surface area contributed by atoms with Gasteiger partial charge in [-0.25, -0.2) is 0 Å². The summed E-state index contributed by atoms with van der Waals surface area (Å²) in [6.45, 7) is 0. The van der Waals surface area contributed by atoms with Crippen molar-refractivity contribution in [3.05, 3.63) is 0 Å². The molecule has 2 nitrogen and oxygen atoms in total. The molecule has 0 bridgehead atoms. The van der Waals surface area contributed by atoms with Gasteiger partial charge in [0, 0.05) is 0 Å². The van der Waals surface area contributed by atoms with E-state index in [4.69, 9.17) is 10.2 Å². The van der Waals surface area contributed by atoms with Gasteiger partial charge >= 0.3 is 0 Å². The van der Waals surface area contributed by atoms with Crippen LogP contribution in [0.4, 0.5) is 0 Å². The van der Waals surface area contributed by atoms with Crippen molar-refractivity contribution in [1.82, 2.24) is 0 Å². The van der Waals surface area contributed by atoms with Gasteiger partial charge < -0.3 is 0 Å². The topological polar surface area (TPSA) is 24.7 Å². The van der Waals surface area contributed by atoms with Crippen molar-refractivity contribution in [1.29, 1.82) is 0 Å². The molecule has 0 atom stereocenters. The molecule has 2 heteroatoms. The first-order valence-corrected chi connectivity index (χ1v) is 10.8. The van der Waals surface area contributed by atoms with Gasteiger partial charge in [0.05, 0.1) is 12.1 Å². The molecule has 0 aromatic heterocycles. The van der Waals surface area contributed by atoms with Crippen LogP contribution in [0.25, 0.3) is 0 Å². The summed E-state index contributed by atoms with van der Waals surface area (Å²) in [5, 5.41) is 9.71. The minimum Gasteiger partial charge on any atom is -0.191 e. The molecule has 2 aliphatic rings. The Labute approximate surface area is 144 Å². The lowest BCUT2D eigenvalue weighted by atomic mass is 9.98. The molecule has 0 aromatic rings. The van der Waals surface area contributed by atoms with Crippen molar-refractivity contribution in [2.45, 2.75) is 134 Å². The molecular formula is C21H40N2. The molecule has 23 heavy (non-hydrogen) atoms. The number of hydrogen-bond acceptors (Lipinski definition) is 2. The fourth-order valence-electron chi connectivity index (χ4n) is 4.17. The molecule has 134 valence electrons. The van der Waals surface area contributed by atoms with E-state index in [9.17, 15) is 0 Å². The third-order valence-corrected chi connectivity index (χ3v) is 5.79. The first-order valence-electron chi connectivity index (χ1n) is 10.8. The average molecular weight is 321 g/mol. The van der Waals surface area contributed by atoms with Crippen LogP contribution in [0.5, 0.6) is 0 Å². The lowest BCUT2D eigenvalue weighted by Gasteiger charge is -2.15. The van der Waals surface area contributed by atoms with E-state index >= 15 is 0 Å². The Balaban J connectivity index is 1.77. The Morgan fingerprint density at radius 2 is 0.522 bits per heavy atom. The van der Waals surface area contributed by atoms with E-state index in [0.717, 1.165) is 0 Å². The van der Waals surface area contributed by atoms with E-state index in [1.54, 1.807) is 0 Å². The maximum absolute atomic E-state index is 4.86. The molecule has 0 spiro atoms. The smallest absolute Gasteiger partial charge is 0.0708 e. The highest BCUT2D eigenvalue weighted by atomic mass is 15.1. The second kappa shape index (κ2) is 13.0. The highest BCUT2D eigenvalue weighted by Gasteiger charge is 2.12. The normalized spacial score (nSPS) is 25.9. The van der Waals surface area contributed by atoms with Crippen molar-refractivity contribution < 1.29 is 0 Å². The third kappa shape index (κ3) is 9.47. The van der Waals surface area contributed by atoms with Gasteiger partial charge in [0.1, 0.15) is 0 Å². The van der Waals surface area contributed by atoms with E-state index in [2.05, 4.69) is 0 Å². The summed E-state index contributed by atoms with van der Waals surface area (Å²) >= 11 is 0. The standard InChI is InChI=1S/C21H40N2/c1-2-4-8-12-16-20(17-13-9-5-3-1)22-23-21-18-14-10-6-7-11-15-19-21/h20-21H,1-19H2/b23-22+. The molecule has 0 aromatic carbocycles. The molecule has 2 rings (SSSR count). The zero-order valence-corrected chi connectivity index (χ0v) is 15.5.